The van der Waals surface area contributed by atoms with Crippen LogP contribution in [0.5, 0.6) is 5.75 Å². The smallest absolute Gasteiger partial charge is 0.150 e. The van der Waals surface area contributed by atoms with Gasteiger partial charge in [0.15, 0.2) is 0 Å². The van der Waals surface area contributed by atoms with Crippen LogP contribution in [0.1, 0.15) is 32.6 Å². The number of hydrogen-bond donors (Lipinski definition) is 2. The molecule has 1 heterocycles. The predicted octanol–water partition coefficient (Wildman–Crippen LogP) is 2.56. The highest BCUT2D eigenvalue weighted by atomic mass is 19.1. The predicted molar refractivity (Wildman–Crippen MR) is 87.1 cm³/mol. The molecule has 0 unspecified atom stereocenters. The first kappa shape index (κ1) is 17.0. The Bertz CT molecular complexity index is 450. The van der Waals surface area contributed by atoms with Crippen molar-refractivity contribution in [2.45, 2.75) is 38.7 Å². The van der Waals surface area contributed by atoms with Crippen molar-refractivity contribution >= 4 is 5.69 Å². The van der Waals surface area contributed by atoms with Gasteiger partial charge in [-0.2, -0.15) is 0 Å². The maximum absolute atomic E-state index is 14.3. The number of nitrogens with zero attached hydrogens (tertiary/aromatic N) is 1. The van der Waals surface area contributed by atoms with E-state index in [2.05, 4.69) is 17.1 Å². The summed E-state index contributed by atoms with van der Waals surface area (Å²) in [7, 11) is 0. The van der Waals surface area contributed by atoms with Gasteiger partial charge in [0.25, 0.3) is 0 Å². The number of benzene rings is 1. The van der Waals surface area contributed by atoms with E-state index < -0.39 is 0 Å². The number of halogens is 1. The Balaban J connectivity index is 2.00. The van der Waals surface area contributed by atoms with Crippen molar-refractivity contribution in [3.05, 3.63) is 24.0 Å². The molecule has 2 rings (SSSR count). The normalized spacial score (nSPS) is 16.6. The molecule has 1 aromatic carbocycles. The van der Waals surface area contributed by atoms with Crippen LogP contribution in [-0.2, 0) is 0 Å². The zero-order chi connectivity index (χ0) is 15.8. The van der Waals surface area contributed by atoms with Gasteiger partial charge >= 0.3 is 0 Å². The molecule has 1 aliphatic heterocycles. The number of nitrogens with one attached hydrogen (secondary N) is 1. The lowest BCUT2D eigenvalue weighted by atomic mass is 10.1. The number of piperazine rings is 1. The van der Waals surface area contributed by atoms with Crippen molar-refractivity contribution < 1.29 is 14.2 Å². The third-order valence-electron chi connectivity index (χ3n) is 3.97. The molecule has 0 aromatic heterocycles. The van der Waals surface area contributed by atoms with Gasteiger partial charge < -0.3 is 20.1 Å². The summed E-state index contributed by atoms with van der Waals surface area (Å²) in [4.78, 5) is 2.06. The average molecular weight is 310 g/mol. The first-order valence-electron chi connectivity index (χ1n) is 8.27. The van der Waals surface area contributed by atoms with E-state index in [0.29, 0.717) is 17.9 Å². The van der Waals surface area contributed by atoms with E-state index in [9.17, 15) is 4.39 Å². The van der Waals surface area contributed by atoms with Crippen molar-refractivity contribution in [1.29, 1.82) is 0 Å². The summed E-state index contributed by atoms with van der Waals surface area (Å²) in [6.07, 6.45) is 3.48. The van der Waals surface area contributed by atoms with E-state index in [0.717, 1.165) is 45.4 Å². The lowest BCUT2D eigenvalue weighted by Crippen LogP contribution is -2.43. The van der Waals surface area contributed by atoms with Gasteiger partial charge in [-0.25, -0.2) is 4.39 Å². The third-order valence-corrected chi connectivity index (χ3v) is 3.97. The van der Waals surface area contributed by atoms with Gasteiger partial charge in [-0.15, -0.1) is 0 Å². The van der Waals surface area contributed by atoms with Gasteiger partial charge in [0.2, 0.25) is 0 Å². The number of anilines is 1. The number of ether oxygens (including phenoxy) is 1. The average Bonchev–Trinajstić information content (AvgIpc) is 2.54. The lowest BCUT2D eigenvalue weighted by molar-refractivity contribution is 0.163. The Labute approximate surface area is 132 Å². The van der Waals surface area contributed by atoms with Gasteiger partial charge in [-0.3, -0.25) is 0 Å². The second kappa shape index (κ2) is 8.96. The SMILES string of the molecule is CCC[C@@H](CCCO)Oc1ccc(N2CCNCC2)c(F)c1. The molecule has 1 atom stereocenters. The highest BCUT2D eigenvalue weighted by Gasteiger charge is 2.16. The topological polar surface area (TPSA) is 44.7 Å². The van der Waals surface area contributed by atoms with Crippen molar-refractivity contribution in [1.82, 2.24) is 5.32 Å². The molecule has 0 saturated carbocycles. The van der Waals surface area contributed by atoms with E-state index in [1.807, 2.05) is 12.1 Å². The largest absolute Gasteiger partial charge is 0.490 e. The Kier molecular flexibility index (Phi) is 6.93. The number of aliphatic hydroxyl groups excluding tert-OH is 1. The molecule has 22 heavy (non-hydrogen) atoms. The van der Waals surface area contributed by atoms with Crippen LogP contribution >= 0.6 is 0 Å². The fourth-order valence-electron chi connectivity index (χ4n) is 2.82. The maximum Gasteiger partial charge on any atom is 0.150 e. The van der Waals surface area contributed by atoms with E-state index in [-0.39, 0.29) is 18.5 Å². The molecule has 124 valence electrons. The van der Waals surface area contributed by atoms with Crippen molar-refractivity contribution in [3.63, 3.8) is 0 Å². The molecule has 0 spiro atoms. The quantitative estimate of drug-likeness (QED) is 0.774. The number of hydrogen-bond acceptors (Lipinski definition) is 4. The molecule has 4 nitrogen and oxygen atoms in total. The Hall–Kier alpha value is -1.33. The summed E-state index contributed by atoms with van der Waals surface area (Å²) in [6.45, 7) is 5.69. The minimum Gasteiger partial charge on any atom is -0.490 e. The Morgan fingerprint density at radius 1 is 1.32 bits per heavy atom. The van der Waals surface area contributed by atoms with Gasteiger partial charge in [-0.05, 0) is 31.4 Å². The first-order chi connectivity index (χ1) is 10.7. The van der Waals surface area contributed by atoms with E-state index in [4.69, 9.17) is 9.84 Å². The van der Waals surface area contributed by atoms with Crippen molar-refractivity contribution in [3.8, 4) is 5.75 Å². The van der Waals surface area contributed by atoms with E-state index in [1.165, 1.54) is 6.07 Å². The zero-order valence-corrected chi connectivity index (χ0v) is 13.4. The van der Waals surface area contributed by atoms with E-state index >= 15 is 0 Å². The molecule has 1 saturated heterocycles. The molecule has 0 aliphatic carbocycles. The minimum atomic E-state index is -0.225. The van der Waals surface area contributed by atoms with Crippen LogP contribution in [0.15, 0.2) is 18.2 Å². The fourth-order valence-corrected chi connectivity index (χ4v) is 2.82. The standard InChI is InChI=1S/C17H27FN2O2/c1-2-4-14(5-3-12-21)22-15-6-7-17(16(18)13-15)20-10-8-19-9-11-20/h6-7,13-14,19,21H,2-5,8-12H2,1H3/t14-/m0/s1. The van der Waals surface area contributed by atoms with Crippen LogP contribution in [0.3, 0.4) is 0 Å². The van der Waals surface area contributed by atoms with Gasteiger partial charge in [-0.1, -0.05) is 13.3 Å². The molecule has 1 fully saturated rings. The van der Waals surface area contributed by atoms with Crippen LogP contribution in [0.4, 0.5) is 10.1 Å². The second-order valence-electron chi connectivity index (χ2n) is 5.74. The first-order valence-corrected chi connectivity index (χ1v) is 8.27. The summed E-state index contributed by atoms with van der Waals surface area (Å²) in [5, 5.41) is 12.2. The van der Waals surface area contributed by atoms with Crippen LogP contribution in [0, 0.1) is 5.82 Å². The molecular weight excluding hydrogens is 283 g/mol. The molecule has 1 aliphatic rings. The van der Waals surface area contributed by atoms with Crippen molar-refractivity contribution in [2.24, 2.45) is 0 Å². The van der Waals surface area contributed by atoms with Crippen LogP contribution in [-0.4, -0.2) is 44.0 Å². The number of aliphatic hydroxyl groups is 1. The molecule has 1 aromatic rings. The van der Waals surface area contributed by atoms with Crippen molar-refractivity contribution in [2.75, 3.05) is 37.7 Å². The fraction of sp³-hybridized carbons (Fsp3) is 0.647. The van der Waals surface area contributed by atoms with Crippen LogP contribution in [0.25, 0.3) is 0 Å². The summed E-state index contributed by atoms with van der Waals surface area (Å²) in [6, 6.07) is 5.14. The summed E-state index contributed by atoms with van der Waals surface area (Å²) < 4.78 is 20.2. The molecule has 5 heteroatoms. The van der Waals surface area contributed by atoms with Gasteiger partial charge in [0.05, 0.1) is 11.8 Å². The number of rotatable bonds is 8. The minimum absolute atomic E-state index is 0.0431. The summed E-state index contributed by atoms with van der Waals surface area (Å²) >= 11 is 0. The molecule has 0 bridgehead atoms. The molecular formula is C17H27FN2O2. The Morgan fingerprint density at radius 3 is 2.73 bits per heavy atom. The summed E-state index contributed by atoms with van der Waals surface area (Å²) in [5.74, 6) is 0.351. The van der Waals surface area contributed by atoms with Crippen LogP contribution in [0.2, 0.25) is 0 Å². The zero-order valence-electron chi connectivity index (χ0n) is 13.4. The van der Waals surface area contributed by atoms with Gasteiger partial charge in [0.1, 0.15) is 11.6 Å². The third kappa shape index (κ3) is 4.85. The highest BCUT2D eigenvalue weighted by molar-refractivity contribution is 5.51. The molecule has 2 N–H and O–H groups in total. The molecule has 0 radical (unpaired) electrons. The Morgan fingerprint density at radius 2 is 2.09 bits per heavy atom. The van der Waals surface area contributed by atoms with E-state index in [1.54, 1.807) is 0 Å². The monoisotopic (exact) mass is 310 g/mol. The molecule has 0 amide bonds. The lowest BCUT2D eigenvalue weighted by Gasteiger charge is -2.30. The van der Waals surface area contributed by atoms with Gasteiger partial charge in [0, 0.05) is 38.9 Å². The maximum atomic E-state index is 14.3. The van der Waals surface area contributed by atoms with Crippen LogP contribution < -0.4 is 15.0 Å². The highest BCUT2D eigenvalue weighted by Crippen LogP contribution is 2.26. The second-order valence-corrected chi connectivity index (χ2v) is 5.74. The summed E-state index contributed by atoms with van der Waals surface area (Å²) in [5.41, 5.74) is 0.649.